The van der Waals surface area contributed by atoms with Crippen molar-refractivity contribution in [3.05, 3.63) is 0 Å². The summed E-state index contributed by atoms with van der Waals surface area (Å²) in [4.78, 5) is 2.50. The Morgan fingerprint density at radius 1 is 1.19 bits per heavy atom. The van der Waals surface area contributed by atoms with E-state index in [1.807, 2.05) is 0 Å². The molecule has 0 radical (unpaired) electrons. The topological polar surface area (TPSA) is 24.5 Å². The quantitative estimate of drug-likeness (QED) is 0.777. The van der Waals surface area contributed by atoms with E-state index in [9.17, 15) is 0 Å². The van der Waals surface area contributed by atoms with E-state index in [0.29, 0.717) is 12.1 Å². The minimum atomic E-state index is 0.312. The van der Waals surface area contributed by atoms with Gasteiger partial charge < -0.3 is 10.1 Å². The van der Waals surface area contributed by atoms with Gasteiger partial charge in [-0.3, -0.25) is 4.90 Å². The van der Waals surface area contributed by atoms with Crippen LogP contribution >= 0.6 is 0 Å². The van der Waals surface area contributed by atoms with Crippen molar-refractivity contribution < 1.29 is 4.74 Å². The largest absolute Gasteiger partial charge is 0.380 e. The van der Waals surface area contributed by atoms with Crippen molar-refractivity contribution in [2.45, 2.75) is 63.8 Å². The average molecular weight is 228 g/mol. The van der Waals surface area contributed by atoms with E-state index in [-0.39, 0.29) is 0 Å². The summed E-state index contributed by atoms with van der Waals surface area (Å²) in [7, 11) is 6.11. The van der Waals surface area contributed by atoms with Gasteiger partial charge in [-0.1, -0.05) is 0 Å². The molecule has 0 bridgehead atoms. The maximum absolute atomic E-state index is 5.41. The van der Waals surface area contributed by atoms with Crippen molar-refractivity contribution in [3.8, 4) is 0 Å². The highest BCUT2D eigenvalue weighted by atomic mass is 16.5. The van der Waals surface area contributed by atoms with Gasteiger partial charge in [0.15, 0.2) is 0 Å². The highest BCUT2D eigenvalue weighted by Gasteiger charge is 2.27. The zero-order valence-corrected chi connectivity index (χ0v) is 11.5. The highest BCUT2D eigenvalue weighted by molar-refractivity contribution is 4.84. The predicted octanol–water partition coefficient (Wildman–Crippen LogP) is 1.87. The first-order valence-corrected chi connectivity index (χ1v) is 6.52. The molecular formula is C13H28N2O. The van der Waals surface area contributed by atoms with Crippen LogP contribution in [0.1, 0.15) is 39.5 Å². The predicted molar refractivity (Wildman–Crippen MR) is 68.8 cm³/mol. The van der Waals surface area contributed by atoms with Crippen LogP contribution in [-0.4, -0.2) is 50.3 Å². The second-order valence-electron chi connectivity index (χ2n) is 5.14. The minimum Gasteiger partial charge on any atom is -0.380 e. The molecule has 0 aromatic rings. The summed E-state index contributed by atoms with van der Waals surface area (Å²) < 4.78 is 5.41. The second-order valence-corrected chi connectivity index (χ2v) is 5.14. The third-order valence-electron chi connectivity index (χ3n) is 4.37. The van der Waals surface area contributed by atoms with E-state index < -0.39 is 0 Å². The fraction of sp³-hybridized carbons (Fsp3) is 1.00. The van der Waals surface area contributed by atoms with Gasteiger partial charge >= 0.3 is 0 Å². The molecule has 0 amide bonds. The molecule has 2 unspecified atom stereocenters. The van der Waals surface area contributed by atoms with Crippen LogP contribution in [0.4, 0.5) is 0 Å². The fourth-order valence-electron chi connectivity index (χ4n) is 2.63. The number of nitrogens with one attached hydrogen (secondary N) is 1. The standard InChI is InChI=1S/C13H28N2O/c1-10(11(2)16-5)15(4)13-8-6-12(14-3)7-9-13/h10-14H,6-9H2,1-5H3. The van der Waals surface area contributed by atoms with E-state index >= 15 is 0 Å². The number of likely N-dealkylation sites (N-methyl/N-ethyl adjacent to an activating group) is 1. The Hall–Kier alpha value is -0.120. The maximum Gasteiger partial charge on any atom is 0.0695 e. The number of hydrogen-bond donors (Lipinski definition) is 1. The molecule has 0 spiro atoms. The van der Waals surface area contributed by atoms with Crippen molar-refractivity contribution in [2.24, 2.45) is 0 Å². The molecule has 3 heteroatoms. The molecular weight excluding hydrogens is 200 g/mol. The van der Waals surface area contributed by atoms with Gasteiger partial charge in [0.25, 0.3) is 0 Å². The molecule has 0 aromatic carbocycles. The minimum absolute atomic E-state index is 0.312. The van der Waals surface area contributed by atoms with Gasteiger partial charge in [0.05, 0.1) is 6.10 Å². The Labute approximate surface area is 101 Å². The van der Waals surface area contributed by atoms with Crippen LogP contribution in [0.3, 0.4) is 0 Å². The normalized spacial score (nSPS) is 30.4. The summed E-state index contributed by atoms with van der Waals surface area (Å²) in [5, 5.41) is 3.38. The molecule has 1 aliphatic rings. The second kappa shape index (κ2) is 6.58. The van der Waals surface area contributed by atoms with Gasteiger partial charge in [0.2, 0.25) is 0 Å². The fourth-order valence-corrected chi connectivity index (χ4v) is 2.63. The molecule has 1 rings (SSSR count). The molecule has 0 heterocycles. The van der Waals surface area contributed by atoms with Gasteiger partial charge in [-0.2, -0.15) is 0 Å². The van der Waals surface area contributed by atoms with E-state index in [1.54, 1.807) is 7.11 Å². The summed E-state index contributed by atoms with van der Waals surface area (Å²) in [5.74, 6) is 0. The van der Waals surface area contributed by atoms with Crippen LogP contribution in [-0.2, 0) is 4.74 Å². The monoisotopic (exact) mass is 228 g/mol. The number of methoxy groups -OCH3 is 1. The molecule has 1 fully saturated rings. The summed E-state index contributed by atoms with van der Waals surface area (Å²) in [6.45, 7) is 4.42. The van der Waals surface area contributed by atoms with Crippen LogP contribution < -0.4 is 5.32 Å². The van der Waals surface area contributed by atoms with Gasteiger partial charge in [-0.15, -0.1) is 0 Å². The molecule has 16 heavy (non-hydrogen) atoms. The van der Waals surface area contributed by atoms with Crippen molar-refractivity contribution >= 4 is 0 Å². The van der Waals surface area contributed by atoms with Crippen LogP contribution in [0.2, 0.25) is 0 Å². The Bertz CT molecular complexity index is 190. The Kier molecular flexibility index (Phi) is 5.73. The molecule has 0 aliphatic heterocycles. The summed E-state index contributed by atoms with van der Waals surface area (Å²) in [6, 6.07) is 1.97. The summed E-state index contributed by atoms with van der Waals surface area (Å²) in [5.41, 5.74) is 0. The first-order chi connectivity index (χ1) is 7.60. The van der Waals surface area contributed by atoms with Crippen molar-refractivity contribution in [2.75, 3.05) is 21.2 Å². The maximum atomic E-state index is 5.41. The van der Waals surface area contributed by atoms with E-state index in [0.717, 1.165) is 12.1 Å². The third-order valence-corrected chi connectivity index (χ3v) is 4.37. The van der Waals surface area contributed by atoms with Crippen molar-refractivity contribution in [1.29, 1.82) is 0 Å². The van der Waals surface area contributed by atoms with Crippen LogP contribution in [0.5, 0.6) is 0 Å². The average Bonchev–Trinajstić information content (AvgIpc) is 2.36. The third kappa shape index (κ3) is 3.44. The Morgan fingerprint density at radius 2 is 1.75 bits per heavy atom. The highest BCUT2D eigenvalue weighted by Crippen LogP contribution is 2.24. The van der Waals surface area contributed by atoms with Gasteiger partial charge in [-0.25, -0.2) is 0 Å². The SMILES string of the molecule is CNC1CCC(N(C)C(C)C(C)OC)CC1. The van der Waals surface area contributed by atoms with E-state index in [4.69, 9.17) is 4.74 Å². The van der Waals surface area contributed by atoms with E-state index in [1.165, 1.54) is 25.7 Å². The lowest BCUT2D eigenvalue weighted by atomic mass is 9.89. The zero-order valence-electron chi connectivity index (χ0n) is 11.5. The molecule has 96 valence electrons. The van der Waals surface area contributed by atoms with E-state index in [2.05, 4.69) is 38.2 Å². The first-order valence-electron chi connectivity index (χ1n) is 6.52. The van der Waals surface area contributed by atoms with Crippen molar-refractivity contribution in [1.82, 2.24) is 10.2 Å². The molecule has 3 nitrogen and oxygen atoms in total. The lowest BCUT2D eigenvalue weighted by Gasteiger charge is -2.39. The van der Waals surface area contributed by atoms with Crippen molar-refractivity contribution in [3.63, 3.8) is 0 Å². The lowest BCUT2D eigenvalue weighted by Crippen LogP contribution is -2.47. The number of nitrogens with zero attached hydrogens (tertiary/aromatic N) is 1. The lowest BCUT2D eigenvalue weighted by molar-refractivity contribution is 0.0180. The van der Waals surface area contributed by atoms with Crippen LogP contribution in [0, 0.1) is 0 Å². The zero-order chi connectivity index (χ0) is 12.1. The molecule has 1 N–H and O–H groups in total. The molecule has 1 saturated carbocycles. The number of rotatable bonds is 5. The first kappa shape index (κ1) is 13.9. The number of hydrogen-bond acceptors (Lipinski definition) is 3. The molecule has 0 aromatic heterocycles. The van der Waals surface area contributed by atoms with Crippen LogP contribution in [0.25, 0.3) is 0 Å². The Balaban J connectivity index is 2.40. The van der Waals surface area contributed by atoms with Crippen LogP contribution in [0.15, 0.2) is 0 Å². The summed E-state index contributed by atoms with van der Waals surface area (Å²) in [6.07, 6.45) is 5.54. The molecule has 2 atom stereocenters. The number of ether oxygens (including phenoxy) is 1. The van der Waals surface area contributed by atoms with Gasteiger partial charge in [-0.05, 0) is 53.6 Å². The smallest absolute Gasteiger partial charge is 0.0695 e. The Morgan fingerprint density at radius 3 is 2.19 bits per heavy atom. The van der Waals surface area contributed by atoms with Gasteiger partial charge in [0.1, 0.15) is 0 Å². The molecule has 0 saturated heterocycles. The molecule has 1 aliphatic carbocycles. The summed E-state index contributed by atoms with van der Waals surface area (Å²) >= 11 is 0. The van der Waals surface area contributed by atoms with Gasteiger partial charge in [0, 0.05) is 25.2 Å².